The molecule has 1 aromatic heterocycles. The molecule has 0 saturated carbocycles. The van der Waals surface area contributed by atoms with Gasteiger partial charge in [-0.3, -0.25) is 0 Å². The van der Waals surface area contributed by atoms with Crippen LogP contribution in [0.4, 0.5) is 0 Å². The number of esters is 1. The van der Waals surface area contributed by atoms with E-state index in [2.05, 4.69) is 19.6 Å². The highest BCUT2D eigenvalue weighted by molar-refractivity contribution is 6.76. The summed E-state index contributed by atoms with van der Waals surface area (Å²) in [7, 11) is -1.12. The van der Waals surface area contributed by atoms with Crippen molar-refractivity contribution >= 4 is 14.0 Å². The summed E-state index contributed by atoms with van der Waals surface area (Å²) in [6.07, 6.45) is 0.831. The minimum Gasteiger partial charge on any atom is -0.465 e. The maximum Gasteiger partial charge on any atom is 0.341 e. The Bertz CT molecular complexity index is 388. The highest BCUT2D eigenvalue weighted by Gasteiger charge is 2.20. The molecule has 17 heavy (non-hydrogen) atoms. The van der Waals surface area contributed by atoms with E-state index in [1.165, 1.54) is 0 Å². The fraction of sp³-hybridized carbons (Fsp3) is 0.615. The van der Waals surface area contributed by atoms with Crippen molar-refractivity contribution in [1.82, 2.24) is 0 Å². The van der Waals surface area contributed by atoms with E-state index in [-0.39, 0.29) is 5.97 Å². The van der Waals surface area contributed by atoms with E-state index < -0.39 is 8.07 Å². The highest BCUT2D eigenvalue weighted by atomic mass is 28.3. The molecule has 0 bridgehead atoms. The molecule has 0 aliphatic carbocycles. The van der Waals surface area contributed by atoms with E-state index in [4.69, 9.17) is 9.15 Å². The Morgan fingerprint density at radius 1 is 1.41 bits per heavy atom. The van der Waals surface area contributed by atoms with Crippen molar-refractivity contribution in [2.24, 2.45) is 0 Å². The van der Waals surface area contributed by atoms with Gasteiger partial charge in [0.2, 0.25) is 0 Å². The van der Waals surface area contributed by atoms with Crippen LogP contribution in [0.5, 0.6) is 0 Å². The van der Waals surface area contributed by atoms with Crippen molar-refractivity contribution in [1.29, 1.82) is 0 Å². The summed E-state index contributed by atoms with van der Waals surface area (Å²) in [5.74, 6) is 1.29. The number of hydrogen-bond donors (Lipinski definition) is 0. The second-order valence-corrected chi connectivity index (χ2v) is 11.1. The molecule has 0 radical (unpaired) electrons. The molecule has 1 heterocycles. The molecule has 0 amide bonds. The molecule has 96 valence electrons. The number of carbonyl (C=O) groups excluding carboxylic acids is 1. The van der Waals surface area contributed by atoms with Crippen LogP contribution < -0.4 is 0 Å². The zero-order chi connectivity index (χ0) is 13.1. The van der Waals surface area contributed by atoms with Crippen LogP contribution >= 0.6 is 0 Å². The molecule has 0 aromatic carbocycles. The summed E-state index contributed by atoms with van der Waals surface area (Å²) >= 11 is 0. The quantitative estimate of drug-likeness (QED) is 0.595. The van der Waals surface area contributed by atoms with Crippen LogP contribution in [-0.2, 0) is 11.2 Å². The van der Waals surface area contributed by atoms with Crippen molar-refractivity contribution in [2.75, 3.05) is 6.61 Å². The number of hydrogen-bond acceptors (Lipinski definition) is 3. The third kappa shape index (κ3) is 4.38. The Kier molecular flexibility index (Phi) is 4.57. The second-order valence-electron chi connectivity index (χ2n) is 5.48. The monoisotopic (exact) mass is 254 g/mol. The Hall–Kier alpha value is -1.03. The SMILES string of the molecule is CCOC(=O)c1cc(C)oc1CC[Si](C)(C)C. The maximum atomic E-state index is 11.7. The Labute approximate surface area is 104 Å². The molecule has 0 saturated heterocycles. The molecule has 3 nitrogen and oxygen atoms in total. The van der Waals surface area contributed by atoms with Gasteiger partial charge in [-0.25, -0.2) is 4.79 Å². The zero-order valence-electron chi connectivity index (χ0n) is 11.4. The molecule has 4 heteroatoms. The summed E-state index contributed by atoms with van der Waals surface area (Å²) in [5, 5.41) is 0. The smallest absolute Gasteiger partial charge is 0.341 e. The molecule has 0 aliphatic rings. The number of aryl methyl sites for hydroxylation is 2. The van der Waals surface area contributed by atoms with Crippen LogP contribution in [0.25, 0.3) is 0 Å². The predicted molar refractivity (Wildman–Crippen MR) is 71.3 cm³/mol. The van der Waals surface area contributed by atoms with Gasteiger partial charge >= 0.3 is 5.97 Å². The number of carbonyl (C=O) groups is 1. The summed E-state index contributed by atoms with van der Waals surface area (Å²) in [5.41, 5.74) is 0.600. The molecule has 0 atom stereocenters. The minimum atomic E-state index is -1.12. The first-order valence-electron chi connectivity index (χ1n) is 6.10. The average molecular weight is 254 g/mol. The standard InChI is InChI=1S/C13H22O3Si/c1-6-15-13(14)11-9-10(2)16-12(11)7-8-17(3,4)5/h9H,6-8H2,1-5H3. The summed E-state index contributed by atoms with van der Waals surface area (Å²) < 4.78 is 10.6. The summed E-state index contributed by atoms with van der Waals surface area (Å²) in [4.78, 5) is 11.7. The molecule has 0 spiro atoms. The molecule has 0 unspecified atom stereocenters. The summed E-state index contributed by atoms with van der Waals surface area (Å²) in [6, 6.07) is 2.89. The average Bonchev–Trinajstić information content (AvgIpc) is 2.56. The van der Waals surface area contributed by atoms with Gasteiger partial charge in [0.25, 0.3) is 0 Å². The van der Waals surface area contributed by atoms with Gasteiger partial charge in [0.1, 0.15) is 17.1 Å². The fourth-order valence-electron chi connectivity index (χ4n) is 1.62. The lowest BCUT2D eigenvalue weighted by molar-refractivity contribution is 0.0524. The predicted octanol–water partition coefficient (Wildman–Crippen LogP) is 3.65. The number of ether oxygens (including phenoxy) is 1. The lowest BCUT2D eigenvalue weighted by atomic mass is 10.2. The van der Waals surface area contributed by atoms with Crippen LogP contribution in [0.2, 0.25) is 25.7 Å². The van der Waals surface area contributed by atoms with Gasteiger partial charge in [-0.1, -0.05) is 25.7 Å². The normalized spacial score (nSPS) is 11.6. The van der Waals surface area contributed by atoms with Gasteiger partial charge in [0.05, 0.1) is 6.61 Å². The highest BCUT2D eigenvalue weighted by Crippen LogP contribution is 2.21. The molecule has 0 aliphatic heterocycles. The van der Waals surface area contributed by atoms with Gasteiger partial charge in [0, 0.05) is 14.5 Å². The fourth-order valence-corrected chi connectivity index (χ4v) is 2.60. The Balaban J connectivity index is 2.81. The van der Waals surface area contributed by atoms with E-state index in [0.29, 0.717) is 12.2 Å². The minimum absolute atomic E-state index is 0.269. The van der Waals surface area contributed by atoms with Crippen molar-refractivity contribution < 1.29 is 13.9 Å². The van der Waals surface area contributed by atoms with Crippen molar-refractivity contribution in [3.63, 3.8) is 0 Å². The van der Waals surface area contributed by atoms with E-state index in [9.17, 15) is 4.79 Å². The Morgan fingerprint density at radius 3 is 2.59 bits per heavy atom. The topological polar surface area (TPSA) is 39.4 Å². The largest absolute Gasteiger partial charge is 0.465 e. The van der Waals surface area contributed by atoms with E-state index in [1.807, 2.05) is 13.8 Å². The third-order valence-electron chi connectivity index (χ3n) is 2.53. The van der Waals surface area contributed by atoms with Crippen LogP contribution in [0.1, 0.15) is 28.8 Å². The number of rotatable bonds is 5. The molecule has 1 aromatic rings. The van der Waals surface area contributed by atoms with Gasteiger partial charge in [-0.05, 0) is 19.9 Å². The lowest BCUT2D eigenvalue weighted by Gasteiger charge is -2.14. The van der Waals surface area contributed by atoms with Gasteiger partial charge in [0.15, 0.2) is 0 Å². The second kappa shape index (κ2) is 5.54. The Morgan fingerprint density at radius 2 is 2.06 bits per heavy atom. The van der Waals surface area contributed by atoms with Crippen LogP contribution in [-0.4, -0.2) is 20.7 Å². The van der Waals surface area contributed by atoms with Crippen molar-refractivity contribution in [3.05, 3.63) is 23.2 Å². The molecule has 0 fully saturated rings. The van der Waals surface area contributed by atoms with E-state index >= 15 is 0 Å². The first kappa shape index (κ1) is 14.0. The van der Waals surface area contributed by atoms with E-state index in [0.717, 1.165) is 24.0 Å². The first-order valence-corrected chi connectivity index (χ1v) is 9.80. The number of furan rings is 1. The first-order chi connectivity index (χ1) is 7.83. The van der Waals surface area contributed by atoms with Gasteiger partial charge in [-0.2, -0.15) is 0 Å². The van der Waals surface area contributed by atoms with Gasteiger partial charge < -0.3 is 9.15 Å². The lowest BCUT2D eigenvalue weighted by Crippen LogP contribution is -2.20. The van der Waals surface area contributed by atoms with Crippen LogP contribution in [0.3, 0.4) is 0 Å². The maximum absolute atomic E-state index is 11.7. The van der Waals surface area contributed by atoms with Crippen molar-refractivity contribution in [2.45, 2.75) is 46.0 Å². The third-order valence-corrected chi connectivity index (χ3v) is 4.28. The van der Waals surface area contributed by atoms with Crippen molar-refractivity contribution in [3.8, 4) is 0 Å². The zero-order valence-corrected chi connectivity index (χ0v) is 12.4. The van der Waals surface area contributed by atoms with Crippen LogP contribution in [0, 0.1) is 6.92 Å². The van der Waals surface area contributed by atoms with E-state index in [1.54, 1.807) is 6.07 Å². The molecule has 0 N–H and O–H groups in total. The summed E-state index contributed by atoms with van der Waals surface area (Å²) in [6.45, 7) is 11.0. The molecule has 1 rings (SSSR count). The molecular formula is C13H22O3Si. The van der Waals surface area contributed by atoms with Gasteiger partial charge in [-0.15, -0.1) is 0 Å². The molecular weight excluding hydrogens is 232 g/mol. The van der Waals surface area contributed by atoms with Crippen LogP contribution in [0.15, 0.2) is 10.5 Å².